The number of para-hydroxylation sites is 2. The van der Waals surface area contributed by atoms with Crippen LogP contribution in [-0.4, -0.2) is 14.5 Å². The molecule has 0 amide bonds. The number of aromatic nitrogens is 3. The smallest absolute Gasteiger partial charge is 0.0973 e. The van der Waals surface area contributed by atoms with Gasteiger partial charge in [-0.1, -0.05) is 121 Å². The minimum Gasteiger partial charge on any atom is -0.309 e. The van der Waals surface area contributed by atoms with E-state index in [2.05, 4.69) is 126 Å². The molecule has 43 heavy (non-hydrogen) atoms. The van der Waals surface area contributed by atoms with Crippen LogP contribution in [0.1, 0.15) is 0 Å². The van der Waals surface area contributed by atoms with Gasteiger partial charge in [-0.2, -0.15) is 0 Å². The van der Waals surface area contributed by atoms with E-state index in [0.29, 0.717) is 0 Å². The van der Waals surface area contributed by atoms with Gasteiger partial charge in [0.25, 0.3) is 0 Å². The fraction of sp³-hybridized carbons (Fsp3) is 0. The molecule has 0 aliphatic carbocycles. The number of hydrogen-bond acceptors (Lipinski definition) is 2. The minimum atomic E-state index is 0.884. The van der Waals surface area contributed by atoms with Crippen LogP contribution in [0.5, 0.6) is 0 Å². The molecular weight excluding hydrogens is 522 g/mol. The van der Waals surface area contributed by atoms with E-state index in [-0.39, 0.29) is 0 Å². The third kappa shape index (κ3) is 3.68. The van der Waals surface area contributed by atoms with Crippen molar-refractivity contribution in [3.05, 3.63) is 152 Å². The Morgan fingerprint density at radius 3 is 1.67 bits per heavy atom. The summed E-state index contributed by atoms with van der Waals surface area (Å²) < 4.78 is 2.42. The summed E-state index contributed by atoms with van der Waals surface area (Å²) in [5.41, 5.74) is 9.20. The molecule has 3 heteroatoms. The summed E-state index contributed by atoms with van der Waals surface area (Å²) >= 11 is 0. The van der Waals surface area contributed by atoms with Gasteiger partial charge in [0.2, 0.25) is 0 Å². The van der Waals surface area contributed by atoms with Gasteiger partial charge in [-0.15, -0.1) is 0 Å². The lowest BCUT2D eigenvalue weighted by Gasteiger charge is -2.13. The normalized spacial score (nSPS) is 11.7. The van der Waals surface area contributed by atoms with E-state index in [1.54, 1.807) is 0 Å². The van der Waals surface area contributed by atoms with Crippen molar-refractivity contribution in [2.75, 3.05) is 0 Å². The summed E-state index contributed by atoms with van der Waals surface area (Å²) in [4.78, 5) is 10.2. The highest BCUT2D eigenvalue weighted by Crippen LogP contribution is 2.40. The van der Waals surface area contributed by atoms with Crippen LogP contribution in [0.25, 0.3) is 82.6 Å². The quantitative estimate of drug-likeness (QED) is 0.220. The number of hydrogen-bond donors (Lipinski definition) is 0. The monoisotopic (exact) mass is 547 g/mol. The molecule has 0 spiro atoms. The van der Waals surface area contributed by atoms with Gasteiger partial charge >= 0.3 is 0 Å². The SMILES string of the molecule is c1ccc(-c2nc3ccccc3nc2-c2ccc(-n3c4ccc5ccccc5c4c4ccc5ccccc5c43)cc2)cc1. The maximum atomic E-state index is 5.12. The highest BCUT2D eigenvalue weighted by atomic mass is 15.0. The maximum Gasteiger partial charge on any atom is 0.0973 e. The first-order valence-corrected chi connectivity index (χ1v) is 14.6. The van der Waals surface area contributed by atoms with E-state index < -0.39 is 0 Å². The van der Waals surface area contributed by atoms with Crippen molar-refractivity contribution in [2.45, 2.75) is 0 Å². The van der Waals surface area contributed by atoms with Crippen molar-refractivity contribution < 1.29 is 0 Å². The zero-order valence-corrected chi connectivity index (χ0v) is 23.3. The number of rotatable bonds is 3. The molecule has 0 N–H and O–H groups in total. The molecule has 0 aliphatic heterocycles. The highest BCUT2D eigenvalue weighted by molar-refractivity contribution is 6.25. The van der Waals surface area contributed by atoms with Crippen LogP contribution >= 0.6 is 0 Å². The summed E-state index contributed by atoms with van der Waals surface area (Å²) in [6.45, 7) is 0. The summed E-state index contributed by atoms with van der Waals surface area (Å²) in [6, 6.07) is 53.6. The Morgan fingerprint density at radius 1 is 0.395 bits per heavy atom. The molecule has 0 saturated heterocycles. The molecule has 0 bridgehead atoms. The number of nitrogens with zero attached hydrogens (tertiary/aromatic N) is 3. The van der Waals surface area contributed by atoms with Crippen molar-refractivity contribution in [2.24, 2.45) is 0 Å². The van der Waals surface area contributed by atoms with Gasteiger partial charge in [0.15, 0.2) is 0 Å². The van der Waals surface area contributed by atoms with E-state index in [9.17, 15) is 0 Å². The molecule has 0 atom stereocenters. The minimum absolute atomic E-state index is 0.884. The van der Waals surface area contributed by atoms with Crippen LogP contribution in [0.4, 0.5) is 0 Å². The van der Waals surface area contributed by atoms with Crippen LogP contribution in [0.15, 0.2) is 152 Å². The first-order valence-electron chi connectivity index (χ1n) is 14.6. The molecule has 0 aliphatic rings. The average Bonchev–Trinajstić information content (AvgIpc) is 3.43. The molecule has 7 aromatic carbocycles. The van der Waals surface area contributed by atoms with Gasteiger partial charge in [-0.25, -0.2) is 9.97 Å². The molecule has 200 valence electrons. The first kappa shape index (κ1) is 23.9. The number of fused-ring (bicyclic) bond motifs is 8. The van der Waals surface area contributed by atoms with Gasteiger partial charge in [-0.05, 0) is 46.5 Å². The molecular formula is C40H25N3. The molecule has 0 fully saturated rings. The lowest BCUT2D eigenvalue weighted by Crippen LogP contribution is -1.97. The van der Waals surface area contributed by atoms with Crippen LogP contribution in [0, 0.1) is 0 Å². The lowest BCUT2D eigenvalue weighted by molar-refractivity contribution is 1.19. The molecule has 0 saturated carbocycles. The van der Waals surface area contributed by atoms with E-state index in [4.69, 9.17) is 9.97 Å². The molecule has 2 aromatic heterocycles. The van der Waals surface area contributed by atoms with Crippen molar-refractivity contribution in [3.8, 4) is 28.2 Å². The van der Waals surface area contributed by atoms with Crippen molar-refractivity contribution in [1.29, 1.82) is 0 Å². The van der Waals surface area contributed by atoms with E-state index in [0.717, 1.165) is 39.2 Å². The van der Waals surface area contributed by atoms with Crippen LogP contribution < -0.4 is 0 Å². The summed E-state index contributed by atoms with van der Waals surface area (Å²) in [5, 5.41) is 7.56. The fourth-order valence-corrected chi connectivity index (χ4v) is 6.58. The van der Waals surface area contributed by atoms with Gasteiger partial charge in [-0.3, -0.25) is 0 Å². The van der Waals surface area contributed by atoms with Gasteiger partial charge in [0.1, 0.15) is 0 Å². The van der Waals surface area contributed by atoms with Crippen molar-refractivity contribution in [1.82, 2.24) is 14.5 Å². The van der Waals surface area contributed by atoms with Crippen LogP contribution in [-0.2, 0) is 0 Å². The second kappa shape index (κ2) is 9.37. The van der Waals surface area contributed by atoms with E-state index >= 15 is 0 Å². The lowest BCUT2D eigenvalue weighted by atomic mass is 10.0. The fourth-order valence-electron chi connectivity index (χ4n) is 6.58. The summed E-state index contributed by atoms with van der Waals surface area (Å²) in [7, 11) is 0. The van der Waals surface area contributed by atoms with Crippen LogP contribution in [0.3, 0.4) is 0 Å². The standard InChI is InChI=1S/C40H25N3/c1-2-12-28(13-3-1)38-39(42-35-17-9-8-16-34(35)41-38)29-18-22-30(23-19-29)43-36-25-21-26-10-4-6-14-31(26)37(36)33-24-20-27-11-5-7-15-32(27)40(33)43/h1-25H. The van der Waals surface area contributed by atoms with E-state index in [1.807, 2.05) is 30.3 Å². The third-order valence-corrected chi connectivity index (χ3v) is 8.56. The maximum absolute atomic E-state index is 5.12. The average molecular weight is 548 g/mol. The largest absolute Gasteiger partial charge is 0.309 e. The highest BCUT2D eigenvalue weighted by Gasteiger charge is 2.18. The van der Waals surface area contributed by atoms with Crippen LogP contribution in [0.2, 0.25) is 0 Å². The molecule has 2 heterocycles. The number of benzene rings is 7. The second-order valence-corrected chi connectivity index (χ2v) is 11.0. The molecule has 0 radical (unpaired) electrons. The summed E-state index contributed by atoms with van der Waals surface area (Å²) in [5.74, 6) is 0. The predicted molar refractivity (Wildman–Crippen MR) is 180 cm³/mol. The molecule has 0 unspecified atom stereocenters. The Balaban J connectivity index is 1.30. The third-order valence-electron chi connectivity index (χ3n) is 8.56. The second-order valence-electron chi connectivity index (χ2n) is 11.0. The Hall–Kier alpha value is -5.80. The molecule has 9 rings (SSSR count). The predicted octanol–water partition coefficient (Wildman–Crippen LogP) is 10.4. The topological polar surface area (TPSA) is 30.7 Å². The Kier molecular flexibility index (Phi) is 5.20. The zero-order valence-electron chi connectivity index (χ0n) is 23.3. The van der Waals surface area contributed by atoms with Crippen molar-refractivity contribution in [3.63, 3.8) is 0 Å². The van der Waals surface area contributed by atoms with Gasteiger partial charge in [0.05, 0.1) is 33.5 Å². The molecule has 3 nitrogen and oxygen atoms in total. The zero-order chi connectivity index (χ0) is 28.3. The summed E-state index contributed by atoms with van der Waals surface area (Å²) in [6.07, 6.45) is 0. The Morgan fingerprint density at radius 2 is 0.953 bits per heavy atom. The Bertz CT molecular complexity index is 2490. The van der Waals surface area contributed by atoms with Crippen molar-refractivity contribution >= 4 is 54.4 Å². The van der Waals surface area contributed by atoms with Gasteiger partial charge < -0.3 is 4.57 Å². The molecule has 9 aromatic rings. The first-order chi connectivity index (χ1) is 21.3. The Labute approximate surface area is 248 Å². The van der Waals surface area contributed by atoms with Gasteiger partial charge in [0, 0.05) is 33.0 Å². The van der Waals surface area contributed by atoms with E-state index in [1.165, 1.54) is 43.4 Å².